The molecule has 0 bridgehead atoms. The predicted octanol–water partition coefficient (Wildman–Crippen LogP) is 3.95. The third-order valence-corrected chi connectivity index (χ3v) is 3.11. The Morgan fingerprint density at radius 1 is 1.00 bits per heavy atom. The highest BCUT2D eigenvalue weighted by Gasteiger charge is 2.01. The van der Waals surface area contributed by atoms with E-state index in [4.69, 9.17) is 11.6 Å². The van der Waals surface area contributed by atoms with E-state index in [2.05, 4.69) is 10.6 Å². The fourth-order valence-corrected chi connectivity index (χ4v) is 2.04. The number of rotatable bonds is 4. The molecule has 0 radical (unpaired) electrons. The molecule has 4 nitrogen and oxygen atoms in total. The fourth-order valence-electron chi connectivity index (χ4n) is 1.84. The van der Waals surface area contributed by atoms with Gasteiger partial charge in [-0.15, -0.1) is 0 Å². The second kappa shape index (κ2) is 7.43. The zero-order valence-electron chi connectivity index (χ0n) is 12.0. The number of hydrogen-bond acceptors (Lipinski definition) is 2. The molecule has 0 heterocycles. The van der Waals surface area contributed by atoms with Crippen LogP contribution >= 0.6 is 11.6 Å². The summed E-state index contributed by atoms with van der Waals surface area (Å²) in [7, 11) is 0. The Morgan fingerprint density at radius 3 is 2.36 bits per heavy atom. The van der Waals surface area contributed by atoms with Crippen LogP contribution in [0.25, 0.3) is 6.08 Å². The van der Waals surface area contributed by atoms with E-state index in [0.717, 1.165) is 5.56 Å². The molecule has 0 spiro atoms. The number of benzene rings is 2. The highest BCUT2D eigenvalue weighted by atomic mass is 35.5. The van der Waals surface area contributed by atoms with Crippen molar-refractivity contribution in [2.24, 2.45) is 0 Å². The lowest BCUT2D eigenvalue weighted by Gasteiger charge is -2.06. The first kappa shape index (κ1) is 15.8. The second-order valence-corrected chi connectivity index (χ2v) is 5.01. The summed E-state index contributed by atoms with van der Waals surface area (Å²) in [5, 5.41) is 5.97. The van der Waals surface area contributed by atoms with Gasteiger partial charge in [0.2, 0.25) is 11.8 Å². The van der Waals surface area contributed by atoms with Gasteiger partial charge in [0.1, 0.15) is 0 Å². The predicted molar refractivity (Wildman–Crippen MR) is 89.9 cm³/mol. The Balaban J connectivity index is 2.03. The Hall–Kier alpha value is -2.59. The average Bonchev–Trinajstić information content (AvgIpc) is 2.46. The minimum Gasteiger partial charge on any atom is -0.326 e. The van der Waals surface area contributed by atoms with Crippen molar-refractivity contribution >= 4 is 40.9 Å². The van der Waals surface area contributed by atoms with E-state index in [9.17, 15) is 9.59 Å². The smallest absolute Gasteiger partial charge is 0.248 e. The second-order valence-electron chi connectivity index (χ2n) is 4.61. The molecule has 0 saturated carbocycles. The molecule has 0 aromatic heterocycles. The van der Waals surface area contributed by atoms with Crippen molar-refractivity contribution in [2.75, 3.05) is 10.6 Å². The normalized spacial score (nSPS) is 10.5. The average molecular weight is 315 g/mol. The van der Waals surface area contributed by atoms with Gasteiger partial charge in [-0.3, -0.25) is 9.59 Å². The highest BCUT2D eigenvalue weighted by molar-refractivity contribution is 6.32. The molecule has 0 atom stereocenters. The first-order valence-corrected chi connectivity index (χ1v) is 7.03. The molecule has 22 heavy (non-hydrogen) atoms. The van der Waals surface area contributed by atoms with Crippen LogP contribution in [-0.4, -0.2) is 11.8 Å². The number of carbonyl (C=O) groups excluding carboxylic acids is 2. The van der Waals surface area contributed by atoms with Gasteiger partial charge in [0.15, 0.2) is 0 Å². The van der Waals surface area contributed by atoms with Gasteiger partial charge >= 0.3 is 0 Å². The number of amides is 2. The topological polar surface area (TPSA) is 58.2 Å². The summed E-state index contributed by atoms with van der Waals surface area (Å²) >= 11 is 6.01. The molecule has 2 amide bonds. The minimum atomic E-state index is -0.278. The van der Waals surface area contributed by atoms with Crippen LogP contribution < -0.4 is 10.6 Å². The van der Waals surface area contributed by atoms with Crippen LogP contribution in [0.3, 0.4) is 0 Å². The Kier molecular flexibility index (Phi) is 5.33. The molecule has 112 valence electrons. The molecule has 0 saturated heterocycles. The van der Waals surface area contributed by atoms with Crippen LogP contribution in [0.4, 0.5) is 11.4 Å². The number of halogens is 1. The highest BCUT2D eigenvalue weighted by Crippen LogP contribution is 2.17. The third-order valence-electron chi connectivity index (χ3n) is 2.77. The monoisotopic (exact) mass is 314 g/mol. The van der Waals surface area contributed by atoms with Gasteiger partial charge in [-0.25, -0.2) is 0 Å². The summed E-state index contributed by atoms with van der Waals surface area (Å²) in [6.07, 6.45) is 3.06. The van der Waals surface area contributed by atoms with E-state index < -0.39 is 0 Å². The van der Waals surface area contributed by atoms with Gasteiger partial charge < -0.3 is 10.6 Å². The SMILES string of the molecule is CC(=O)Nc1cccc(NC(=O)C=Cc2ccccc2Cl)c1. The Morgan fingerprint density at radius 2 is 1.68 bits per heavy atom. The van der Waals surface area contributed by atoms with E-state index in [1.165, 1.54) is 13.0 Å². The van der Waals surface area contributed by atoms with Crippen LogP contribution in [0, 0.1) is 0 Å². The summed E-state index contributed by atoms with van der Waals surface area (Å²) in [6.45, 7) is 1.43. The zero-order chi connectivity index (χ0) is 15.9. The van der Waals surface area contributed by atoms with Crippen LogP contribution in [-0.2, 0) is 9.59 Å². The number of hydrogen-bond donors (Lipinski definition) is 2. The molecule has 0 aliphatic rings. The maximum absolute atomic E-state index is 11.9. The molecule has 0 unspecified atom stereocenters. The van der Waals surface area contributed by atoms with Crippen molar-refractivity contribution in [3.8, 4) is 0 Å². The van der Waals surface area contributed by atoms with Crippen molar-refractivity contribution in [1.82, 2.24) is 0 Å². The van der Waals surface area contributed by atoms with E-state index in [0.29, 0.717) is 16.4 Å². The molecule has 2 aromatic rings. The third kappa shape index (κ3) is 4.75. The molecule has 2 N–H and O–H groups in total. The van der Waals surface area contributed by atoms with Crippen LogP contribution in [0.2, 0.25) is 5.02 Å². The van der Waals surface area contributed by atoms with Gasteiger partial charge in [-0.2, -0.15) is 0 Å². The van der Waals surface area contributed by atoms with Crippen LogP contribution in [0.15, 0.2) is 54.6 Å². The molecule has 0 aliphatic heterocycles. The van der Waals surface area contributed by atoms with Crippen LogP contribution in [0.1, 0.15) is 12.5 Å². The fraction of sp³-hybridized carbons (Fsp3) is 0.0588. The molecule has 5 heteroatoms. The summed E-state index contributed by atoms with van der Waals surface area (Å²) in [4.78, 5) is 22.9. The molecule has 2 rings (SSSR count). The maximum atomic E-state index is 11.9. The number of carbonyl (C=O) groups is 2. The summed E-state index contributed by atoms with van der Waals surface area (Å²) < 4.78 is 0. The minimum absolute atomic E-state index is 0.165. The number of anilines is 2. The van der Waals surface area contributed by atoms with Crippen molar-refractivity contribution in [1.29, 1.82) is 0 Å². The van der Waals surface area contributed by atoms with Gasteiger partial charge in [-0.05, 0) is 35.9 Å². The molecule has 0 fully saturated rings. The lowest BCUT2D eigenvalue weighted by atomic mass is 10.2. The zero-order valence-corrected chi connectivity index (χ0v) is 12.7. The molecule has 2 aromatic carbocycles. The Bertz CT molecular complexity index is 726. The van der Waals surface area contributed by atoms with Crippen LogP contribution in [0.5, 0.6) is 0 Å². The van der Waals surface area contributed by atoms with E-state index in [1.54, 1.807) is 36.4 Å². The molecular weight excluding hydrogens is 300 g/mol. The lowest BCUT2D eigenvalue weighted by Crippen LogP contribution is -2.09. The standard InChI is InChI=1S/C17H15ClN2O2/c1-12(21)19-14-6-4-7-15(11-14)20-17(22)10-9-13-5-2-3-8-16(13)18/h2-11H,1H3,(H,19,21)(H,20,22). The van der Waals surface area contributed by atoms with E-state index in [1.807, 2.05) is 18.2 Å². The van der Waals surface area contributed by atoms with Gasteiger partial charge in [0.05, 0.1) is 0 Å². The van der Waals surface area contributed by atoms with Gasteiger partial charge in [0.25, 0.3) is 0 Å². The quantitative estimate of drug-likeness (QED) is 0.839. The number of nitrogens with one attached hydrogen (secondary N) is 2. The summed E-state index contributed by atoms with van der Waals surface area (Å²) in [5.74, 6) is -0.443. The summed E-state index contributed by atoms with van der Waals surface area (Å²) in [5.41, 5.74) is 1.99. The van der Waals surface area contributed by atoms with Gasteiger partial charge in [-0.1, -0.05) is 35.9 Å². The first-order valence-electron chi connectivity index (χ1n) is 6.66. The van der Waals surface area contributed by atoms with Crippen molar-refractivity contribution in [2.45, 2.75) is 6.92 Å². The Labute approximate surface area is 133 Å². The van der Waals surface area contributed by atoms with E-state index >= 15 is 0 Å². The largest absolute Gasteiger partial charge is 0.326 e. The summed E-state index contributed by atoms with van der Waals surface area (Å²) in [6, 6.07) is 14.2. The van der Waals surface area contributed by atoms with Crippen molar-refractivity contribution in [3.63, 3.8) is 0 Å². The lowest BCUT2D eigenvalue weighted by molar-refractivity contribution is -0.114. The first-order chi connectivity index (χ1) is 10.5. The molecule has 0 aliphatic carbocycles. The maximum Gasteiger partial charge on any atom is 0.248 e. The van der Waals surface area contributed by atoms with Crippen molar-refractivity contribution < 1.29 is 9.59 Å². The molecular formula is C17H15ClN2O2. The van der Waals surface area contributed by atoms with Crippen molar-refractivity contribution in [3.05, 3.63) is 65.2 Å². The van der Waals surface area contributed by atoms with E-state index in [-0.39, 0.29) is 11.8 Å². The van der Waals surface area contributed by atoms with Gasteiger partial charge in [0, 0.05) is 29.4 Å².